The number of aromatic hydroxyl groups is 4. The molecule has 4 heteroatoms. The Kier molecular flexibility index (Phi) is 7.42. The minimum atomic E-state index is -0.0998. The lowest BCUT2D eigenvalue weighted by molar-refractivity contribution is 0.185. The van der Waals surface area contributed by atoms with Crippen LogP contribution in [0.15, 0.2) is 97.1 Å². The first-order valence-corrected chi connectivity index (χ1v) is 15.0. The van der Waals surface area contributed by atoms with E-state index in [4.69, 9.17) is 0 Å². The second-order valence-electron chi connectivity index (χ2n) is 12.5. The van der Waals surface area contributed by atoms with Crippen molar-refractivity contribution in [2.24, 2.45) is 11.8 Å². The lowest BCUT2D eigenvalue weighted by Gasteiger charge is -2.44. The quantitative estimate of drug-likeness (QED) is 0.195. The van der Waals surface area contributed by atoms with Crippen molar-refractivity contribution in [1.82, 2.24) is 0 Å². The van der Waals surface area contributed by atoms with E-state index in [2.05, 4.69) is 48.5 Å². The average molecular weight is 549 g/mol. The number of phenols is 4. The van der Waals surface area contributed by atoms with Crippen molar-refractivity contribution < 1.29 is 20.4 Å². The number of benzene rings is 4. The maximum absolute atomic E-state index is 9.92. The molecule has 4 N–H and O–H groups in total. The molecule has 212 valence electrons. The van der Waals surface area contributed by atoms with E-state index < -0.39 is 0 Å². The molecule has 4 nitrogen and oxygen atoms in total. The van der Waals surface area contributed by atoms with Gasteiger partial charge in [0, 0.05) is 10.8 Å². The summed E-state index contributed by atoms with van der Waals surface area (Å²) in [5, 5.41) is 39.7. The van der Waals surface area contributed by atoms with Gasteiger partial charge in [-0.1, -0.05) is 48.5 Å². The average Bonchev–Trinajstić information content (AvgIpc) is 3.00. The van der Waals surface area contributed by atoms with Crippen LogP contribution in [0.3, 0.4) is 0 Å². The monoisotopic (exact) mass is 548 g/mol. The summed E-state index contributed by atoms with van der Waals surface area (Å²) < 4.78 is 0. The number of phenolic OH excluding ortho intramolecular Hbond substituents is 4. The molecule has 4 aromatic carbocycles. The van der Waals surface area contributed by atoms with Crippen molar-refractivity contribution >= 4 is 0 Å². The van der Waals surface area contributed by atoms with Gasteiger partial charge in [0.05, 0.1) is 0 Å². The highest BCUT2D eigenvalue weighted by Gasteiger charge is 2.41. The first kappa shape index (κ1) is 27.3. The Bertz CT molecular complexity index is 1220. The first-order valence-electron chi connectivity index (χ1n) is 15.0. The standard InChI is InChI=1S/C37H40O4/c38-32-9-1-28(2-10-32)36(29-3-11-33(39)12-4-29)21-17-26(18-22-36)25-27-19-23-37(24-20-27,30-5-13-34(40)14-6-30)31-7-15-35(41)16-8-31/h1-16,26-27,38-41H,17-25H2. The molecule has 0 aliphatic heterocycles. The smallest absolute Gasteiger partial charge is 0.115 e. The van der Waals surface area contributed by atoms with Gasteiger partial charge in [0.1, 0.15) is 23.0 Å². The maximum atomic E-state index is 9.92. The zero-order chi connectivity index (χ0) is 28.5. The molecule has 4 aromatic rings. The lowest BCUT2D eigenvalue weighted by atomic mass is 9.60. The van der Waals surface area contributed by atoms with Crippen LogP contribution in [-0.4, -0.2) is 20.4 Å². The van der Waals surface area contributed by atoms with Crippen molar-refractivity contribution in [1.29, 1.82) is 0 Å². The summed E-state index contributed by atoms with van der Waals surface area (Å²) in [7, 11) is 0. The van der Waals surface area contributed by atoms with Crippen LogP contribution in [-0.2, 0) is 10.8 Å². The van der Waals surface area contributed by atoms with Gasteiger partial charge in [-0.2, -0.15) is 0 Å². The topological polar surface area (TPSA) is 80.9 Å². The van der Waals surface area contributed by atoms with Crippen molar-refractivity contribution in [2.75, 3.05) is 0 Å². The van der Waals surface area contributed by atoms with Crippen LogP contribution in [0.2, 0.25) is 0 Å². The Morgan fingerprint density at radius 1 is 0.390 bits per heavy atom. The molecule has 6 rings (SSSR count). The Labute approximate surface area is 243 Å². The van der Waals surface area contributed by atoms with Gasteiger partial charge >= 0.3 is 0 Å². The number of rotatable bonds is 6. The summed E-state index contributed by atoms with van der Waals surface area (Å²) in [5.41, 5.74) is 4.76. The molecule has 2 fully saturated rings. The summed E-state index contributed by atoms with van der Waals surface area (Å²) in [6.07, 6.45) is 10.2. The van der Waals surface area contributed by atoms with Crippen LogP contribution in [0.4, 0.5) is 0 Å². The Morgan fingerprint density at radius 2 is 0.610 bits per heavy atom. The highest BCUT2D eigenvalue weighted by atomic mass is 16.3. The van der Waals surface area contributed by atoms with E-state index in [9.17, 15) is 20.4 Å². The molecule has 0 spiro atoms. The van der Waals surface area contributed by atoms with Crippen LogP contribution in [0.1, 0.15) is 80.0 Å². The van der Waals surface area contributed by atoms with Crippen molar-refractivity contribution in [3.8, 4) is 23.0 Å². The zero-order valence-corrected chi connectivity index (χ0v) is 23.5. The summed E-state index contributed by atoms with van der Waals surface area (Å²) >= 11 is 0. The van der Waals surface area contributed by atoms with E-state index in [0.717, 1.165) is 25.7 Å². The minimum absolute atomic E-state index is 0.0998. The summed E-state index contributed by atoms with van der Waals surface area (Å²) in [4.78, 5) is 0. The second-order valence-corrected chi connectivity index (χ2v) is 12.5. The molecule has 2 saturated carbocycles. The van der Waals surface area contributed by atoms with Crippen LogP contribution in [0.25, 0.3) is 0 Å². The van der Waals surface area contributed by atoms with Gasteiger partial charge < -0.3 is 20.4 Å². The van der Waals surface area contributed by atoms with Gasteiger partial charge in [-0.3, -0.25) is 0 Å². The molecule has 0 bridgehead atoms. The molecule has 0 aromatic heterocycles. The van der Waals surface area contributed by atoms with Crippen LogP contribution < -0.4 is 0 Å². The third kappa shape index (κ3) is 5.40. The second kappa shape index (κ2) is 11.2. The van der Waals surface area contributed by atoms with Crippen LogP contribution in [0, 0.1) is 11.8 Å². The van der Waals surface area contributed by atoms with Gasteiger partial charge in [-0.15, -0.1) is 0 Å². The minimum Gasteiger partial charge on any atom is -0.508 e. The molecule has 0 radical (unpaired) electrons. The fourth-order valence-corrected chi connectivity index (χ4v) is 7.89. The normalized spacial score (nSPS) is 19.1. The molecular weight excluding hydrogens is 508 g/mol. The maximum Gasteiger partial charge on any atom is 0.115 e. The van der Waals surface area contributed by atoms with Crippen molar-refractivity contribution in [2.45, 2.75) is 68.6 Å². The van der Waals surface area contributed by atoms with E-state index in [0.29, 0.717) is 11.8 Å². The van der Waals surface area contributed by atoms with Crippen molar-refractivity contribution in [3.05, 3.63) is 119 Å². The van der Waals surface area contributed by atoms with E-state index in [1.165, 1.54) is 54.4 Å². The summed E-state index contributed by atoms with van der Waals surface area (Å²) in [6.45, 7) is 0. The molecule has 0 saturated heterocycles. The zero-order valence-electron chi connectivity index (χ0n) is 23.5. The van der Waals surface area contributed by atoms with Crippen LogP contribution in [0.5, 0.6) is 23.0 Å². The molecule has 0 atom stereocenters. The van der Waals surface area contributed by atoms with Crippen LogP contribution >= 0.6 is 0 Å². The van der Waals surface area contributed by atoms with Gasteiger partial charge in [0.2, 0.25) is 0 Å². The van der Waals surface area contributed by atoms with E-state index in [1.54, 1.807) is 48.5 Å². The molecule has 41 heavy (non-hydrogen) atoms. The van der Waals surface area contributed by atoms with E-state index in [-0.39, 0.29) is 33.8 Å². The predicted molar refractivity (Wildman–Crippen MR) is 163 cm³/mol. The van der Waals surface area contributed by atoms with Gasteiger partial charge in [-0.05, 0) is 140 Å². The Balaban J connectivity index is 1.16. The van der Waals surface area contributed by atoms with Gasteiger partial charge in [0.15, 0.2) is 0 Å². The highest BCUT2D eigenvalue weighted by Crippen LogP contribution is 2.51. The summed E-state index contributed by atoms with van der Waals surface area (Å²) in [6, 6.07) is 30.9. The fraction of sp³-hybridized carbons (Fsp3) is 0.351. The van der Waals surface area contributed by atoms with Gasteiger partial charge in [0.25, 0.3) is 0 Å². The molecular formula is C37H40O4. The SMILES string of the molecule is Oc1ccc(C2(c3ccc(O)cc3)CCC(CC3CCC(c4ccc(O)cc4)(c4ccc(O)cc4)CC3)CC2)cc1. The number of hydrogen-bond acceptors (Lipinski definition) is 4. The highest BCUT2D eigenvalue weighted by molar-refractivity contribution is 5.45. The molecule has 2 aliphatic carbocycles. The first-order chi connectivity index (χ1) is 19.9. The molecule has 2 aliphatic rings. The Morgan fingerprint density at radius 3 is 0.829 bits per heavy atom. The largest absolute Gasteiger partial charge is 0.508 e. The van der Waals surface area contributed by atoms with Gasteiger partial charge in [-0.25, -0.2) is 0 Å². The molecule has 0 unspecified atom stereocenters. The Hall–Kier alpha value is -3.92. The number of hydrogen-bond donors (Lipinski definition) is 4. The predicted octanol–water partition coefficient (Wildman–Crippen LogP) is 8.55. The lowest BCUT2D eigenvalue weighted by Crippen LogP contribution is -2.35. The third-order valence-corrected chi connectivity index (χ3v) is 10.3. The third-order valence-electron chi connectivity index (χ3n) is 10.3. The van der Waals surface area contributed by atoms with E-state index >= 15 is 0 Å². The molecule has 0 amide bonds. The molecule has 0 heterocycles. The fourth-order valence-electron chi connectivity index (χ4n) is 7.89. The van der Waals surface area contributed by atoms with Crippen molar-refractivity contribution in [3.63, 3.8) is 0 Å². The van der Waals surface area contributed by atoms with E-state index in [1.807, 2.05) is 0 Å². The summed E-state index contributed by atoms with van der Waals surface area (Å²) in [5.74, 6) is 2.54.